The zero-order chi connectivity index (χ0) is 22.9. The van der Waals surface area contributed by atoms with Gasteiger partial charge in [-0.25, -0.2) is 0 Å². The summed E-state index contributed by atoms with van der Waals surface area (Å²) in [5.41, 5.74) is 1.91. The number of nitrogens with zero attached hydrogens (tertiary/aromatic N) is 2. The van der Waals surface area contributed by atoms with E-state index in [2.05, 4.69) is 42.2 Å². The van der Waals surface area contributed by atoms with Crippen molar-refractivity contribution in [1.82, 2.24) is 4.90 Å². The minimum absolute atomic E-state index is 0.169. The van der Waals surface area contributed by atoms with Gasteiger partial charge in [-0.05, 0) is 80.7 Å². The van der Waals surface area contributed by atoms with Crippen LogP contribution in [0.15, 0.2) is 30.3 Å². The first-order valence-electron chi connectivity index (χ1n) is 12.6. The van der Waals surface area contributed by atoms with E-state index in [-0.39, 0.29) is 12.0 Å². The molecule has 2 aromatic rings. The minimum Gasteiger partial charge on any atom is -0.489 e. The minimum atomic E-state index is -0.629. The van der Waals surface area contributed by atoms with Gasteiger partial charge >= 0.3 is 5.97 Å². The third-order valence-corrected chi connectivity index (χ3v) is 8.31. The maximum Gasteiger partial charge on any atom is 0.306 e. The fourth-order valence-corrected chi connectivity index (χ4v) is 6.35. The number of piperidine rings is 1. The van der Waals surface area contributed by atoms with Crippen LogP contribution in [0.3, 0.4) is 0 Å². The number of carboxylic acids is 1. The van der Waals surface area contributed by atoms with E-state index in [1.165, 1.54) is 18.4 Å². The highest BCUT2D eigenvalue weighted by Gasteiger charge is 2.42. The second-order valence-corrected chi connectivity index (χ2v) is 10.5. The molecule has 5 rings (SSSR count). The molecule has 0 aromatic heterocycles. The molecule has 0 radical (unpaired) electrons. The number of hydrogen-bond acceptors (Lipinski definition) is 4. The topological polar surface area (TPSA) is 73.6 Å². The molecule has 5 heteroatoms. The van der Waals surface area contributed by atoms with Gasteiger partial charge in [-0.2, -0.15) is 5.26 Å². The van der Waals surface area contributed by atoms with Crippen LogP contribution >= 0.6 is 0 Å². The van der Waals surface area contributed by atoms with E-state index in [1.54, 1.807) is 0 Å². The Kier molecular flexibility index (Phi) is 6.29. The average Bonchev–Trinajstić information content (AvgIpc) is 3.05. The van der Waals surface area contributed by atoms with Crippen molar-refractivity contribution in [3.8, 4) is 11.8 Å². The molecule has 2 bridgehead atoms. The summed E-state index contributed by atoms with van der Waals surface area (Å²) >= 11 is 0. The molecule has 2 atom stereocenters. The predicted octanol–water partition coefficient (Wildman–Crippen LogP) is 5.54. The van der Waals surface area contributed by atoms with Gasteiger partial charge in [0.05, 0.1) is 12.0 Å². The van der Waals surface area contributed by atoms with Crippen molar-refractivity contribution in [2.75, 3.05) is 6.54 Å². The molecular weight excluding hydrogens is 412 g/mol. The number of carbonyl (C=O) groups is 1. The Bertz CT molecular complexity index is 1050. The van der Waals surface area contributed by atoms with Gasteiger partial charge in [0.15, 0.2) is 0 Å². The van der Waals surface area contributed by atoms with Gasteiger partial charge in [0.25, 0.3) is 0 Å². The summed E-state index contributed by atoms with van der Waals surface area (Å²) in [6.07, 6.45) is 9.50. The Hall–Kier alpha value is -2.58. The van der Waals surface area contributed by atoms with E-state index in [4.69, 9.17) is 4.74 Å². The Morgan fingerprint density at radius 3 is 2.48 bits per heavy atom. The van der Waals surface area contributed by atoms with E-state index in [1.807, 2.05) is 6.07 Å². The molecule has 2 unspecified atom stereocenters. The molecular formula is C28H34N2O3. The lowest BCUT2D eigenvalue weighted by Crippen LogP contribution is -2.45. The zero-order valence-electron chi connectivity index (χ0n) is 19.5. The molecule has 1 N–H and O–H groups in total. The van der Waals surface area contributed by atoms with Crippen LogP contribution in [0.4, 0.5) is 0 Å². The predicted molar refractivity (Wildman–Crippen MR) is 128 cm³/mol. The van der Waals surface area contributed by atoms with Gasteiger partial charge < -0.3 is 9.84 Å². The largest absolute Gasteiger partial charge is 0.489 e. The molecule has 2 aromatic carbocycles. The second kappa shape index (κ2) is 9.35. The molecule has 174 valence electrons. The van der Waals surface area contributed by atoms with Crippen molar-refractivity contribution in [2.45, 2.75) is 82.9 Å². The molecule has 0 amide bonds. The van der Waals surface area contributed by atoms with Crippen LogP contribution in [0.2, 0.25) is 0 Å². The summed E-state index contributed by atoms with van der Waals surface area (Å²) in [7, 11) is 0. The van der Waals surface area contributed by atoms with E-state index >= 15 is 0 Å². The van der Waals surface area contributed by atoms with Crippen LogP contribution in [0.25, 0.3) is 10.8 Å². The number of fused-ring (bicyclic) bond motifs is 3. The molecule has 3 fully saturated rings. The highest BCUT2D eigenvalue weighted by molar-refractivity contribution is 5.90. The highest BCUT2D eigenvalue weighted by atomic mass is 16.5. The van der Waals surface area contributed by atoms with Crippen molar-refractivity contribution in [1.29, 1.82) is 5.26 Å². The Morgan fingerprint density at radius 1 is 1.09 bits per heavy atom. The molecule has 2 heterocycles. The van der Waals surface area contributed by atoms with Crippen molar-refractivity contribution >= 4 is 16.7 Å². The monoisotopic (exact) mass is 446 g/mol. The van der Waals surface area contributed by atoms with Gasteiger partial charge in [0.2, 0.25) is 0 Å². The van der Waals surface area contributed by atoms with Crippen LogP contribution in [0.1, 0.15) is 69.4 Å². The lowest BCUT2D eigenvalue weighted by Gasteiger charge is -2.37. The van der Waals surface area contributed by atoms with Gasteiger partial charge in [-0.15, -0.1) is 0 Å². The molecule has 5 nitrogen and oxygen atoms in total. The molecule has 1 aliphatic carbocycles. The first-order chi connectivity index (χ1) is 16.0. The number of rotatable bonds is 6. The van der Waals surface area contributed by atoms with E-state index in [9.17, 15) is 15.2 Å². The van der Waals surface area contributed by atoms with Crippen molar-refractivity contribution in [3.05, 3.63) is 41.5 Å². The van der Waals surface area contributed by atoms with Crippen molar-refractivity contribution in [3.63, 3.8) is 0 Å². The normalized spacial score (nSPS) is 29.6. The smallest absolute Gasteiger partial charge is 0.306 e. The van der Waals surface area contributed by atoms with E-state index < -0.39 is 5.97 Å². The number of benzene rings is 2. The lowest BCUT2D eigenvalue weighted by molar-refractivity contribution is -0.144. The number of hydrogen-bond donors (Lipinski definition) is 1. The van der Waals surface area contributed by atoms with Crippen LogP contribution in [0.5, 0.6) is 5.75 Å². The highest BCUT2D eigenvalue weighted by Crippen LogP contribution is 2.39. The summed E-state index contributed by atoms with van der Waals surface area (Å²) in [5.74, 6) is 0.692. The number of ether oxygens (including phenoxy) is 1. The van der Waals surface area contributed by atoms with Crippen molar-refractivity contribution < 1.29 is 14.6 Å². The van der Waals surface area contributed by atoms with Gasteiger partial charge in [0.1, 0.15) is 17.4 Å². The first-order valence-corrected chi connectivity index (χ1v) is 12.6. The quantitative estimate of drug-likeness (QED) is 0.631. The fourth-order valence-electron chi connectivity index (χ4n) is 6.35. The fraction of sp³-hybridized carbons (Fsp3) is 0.571. The van der Waals surface area contributed by atoms with Crippen molar-refractivity contribution in [2.24, 2.45) is 11.8 Å². The zero-order valence-corrected chi connectivity index (χ0v) is 19.5. The molecule has 2 saturated heterocycles. The molecule has 3 aliphatic rings. The van der Waals surface area contributed by atoms with Gasteiger partial charge in [-0.3, -0.25) is 9.69 Å². The number of aliphatic carboxylic acids is 1. The van der Waals surface area contributed by atoms with Crippen LogP contribution < -0.4 is 4.74 Å². The van der Waals surface area contributed by atoms with Gasteiger partial charge in [0, 0.05) is 24.0 Å². The standard InChI is InChI=1S/C28H34N2O3/c1-18-2-8-24(9-3-18)33-27-11-5-20-14-19(4-10-25(20)26(27)17-29)12-13-30-22-6-7-23(30)16-21(15-22)28(31)32/h4-5,10-11,14,18,21-24H,2-3,6-9,12-13,15-16H2,1H3,(H,31,32). The molecule has 1 saturated carbocycles. The Balaban J connectivity index is 1.27. The average molecular weight is 447 g/mol. The maximum atomic E-state index is 11.4. The van der Waals surface area contributed by atoms with E-state index in [0.717, 1.165) is 73.9 Å². The van der Waals surface area contributed by atoms with Crippen LogP contribution in [-0.2, 0) is 11.2 Å². The third-order valence-electron chi connectivity index (χ3n) is 8.31. The maximum absolute atomic E-state index is 11.4. The summed E-state index contributed by atoms with van der Waals surface area (Å²) in [4.78, 5) is 14.0. The lowest BCUT2D eigenvalue weighted by atomic mass is 9.89. The summed E-state index contributed by atoms with van der Waals surface area (Å²) in [6, 6.07) is 13.7. The van der Waals surface area contributed by atoms with E-state index in [0.29, 0.717) is 17.6 Å². The number of carboxylic acid groups (broad SMARTS) is 1. The second-order valence-electron chi connectivity index (χ2n) is 10.5. The Morgan fingerprint density at radius 2 is 1.82 bits per heavy atom. The summed E-state index contributed by atoms with van der Waals surface area (Å²) in [6.45, 7) is 3.27. The molecule has 2 aliphatic heterocycles. The molecule has 33 heavy (non-hydrogen) atoms. The SMILES string of the molecule is CC1CCC(Oc2ccc3cc(CCN4C5CCC4CC(C(=O)O)C5)ccc3c2C#N)CC1. The van der Waals surface area contributed by atoms with Crippen LogP contribution in [0, 0.1) is 23.2 Å². The van der Waals surface area contributed by atoms with Crippen LogP contribution in [-0.4, -0.2) is 40.7 Å². The third kappa shape index (κ3) is 4.59. The Labute approximate surface area is 196 Å². The number of nitriles is 1. The first kappa shape index (κ1) is 22.2. The molecule has 0 spiro atoms. The summed E-state index contributed by atoms with van der Waals surface area (Å²) < 4.78 is 6.28. The summed E-state index contributed by atoms with van der Waals surface area (Å²) in [5, 5.41) is 21.3. The van der Waals surface area contributed by atoms with Gasteiger partial charge in [-0.1, -0.05) is 31.2 Å².